The van der Waals surface area contributed by atoms with E-state index in [0.29, 0.717) is 10.1 Å². The van der Waals surface area contributed by atoms with Crippen LogP contribution in [0.3, 0.4) is 0 Å². The van der Waals surface area contributed by atoms with Crippen molar-refractivity contribution in [1.82, 2.24) is 0 Å². The van der Waals surface area contributed by atoms with Gasteiger partial charge < -0.3 is 14.7 Å². The maximum Gasteiger partial charge on any atom is 0.245 e. The van der Waals surface area contributed by atoms with Crippen molar-refractivity contribution < 1.29 is 14.7 Å². The van der Waals surface area contributed by atoms with Crippen molar-refractivity contribution in [2.24, 2.45) is 35.5 Å². The van der Waals surface area contributed by atoms with Crippen molar-refractivity contribution >= 4 is 10.1 Å². The van der Waals surface area contributed by atoms with Crippen LogP contribution in [0.1, 0.15) is 157 Å². The van der Waals surface area contributed by atoms with Crippen LogP contribution in [0, 0.1) is 49.4 Å². The summed E-state index contributed by atoms with van der Waals surface area (Å²) in [6.45, 7) is 10.7. The van der Waals surface area contributed by atoms with Gasteiger partial charge in [-0.2, -0.15) is 0 Å². The van der Waals surface area contributed by atoms with Crippen molar-refractivity contribution in [3.8, 4) is 0 Å². The number of benzene rings is 2. The molecule has 4 saturated carbocycles. The third-order valence-corrected chi connectivity index (χ3v) is 12.7. The number of hydrogen-bond acceptors (Lipinski definition) is 2. The fourth-order valence-electron chi connectivity index (χ4n) is 9.73. The van der Waals surface area contributed by atoms with Gasteiger partial charge in [-0.25, -0.2) is 0 Å². The van der Waals surface area contributed by atoms with Crippen molar-refractivity contribution in [3.05, 3.63) is 83.4 Å². The van der Waals surface area contributed by atoms with E-state index in [4.69, 9.17) is 4.46 Å². The molecule has 0 unspecified atom stereocenters. The van der Waals surface area contributed by atoms with Crippen molar-refractivity contribution in [2.75, 3.05) is 14.2 Å². The molecule has 0 heterocycles. The van der Waals surface area contributed by atoms with Gasteiger partial charge in [0.25, 0.3) is 0 Å². The Balaban J connectivity index is 0.000000296. The standard InChI is InChI=1S/C22H34.C21H30.C2H6O.H2OSi.H2O/c1-3-4-18-7-11-20(12-8-18)22-15-13-21(14-16-22)19-9-5-17(2)6-10-19;1-3-17-6-10-19(11-7-17)21-14-12-20(13-15-21)18-8-4-16(2)5-9-18;1-3-2;1-2;/h5-6,9-10,18,20-22H,3-4,7-8,11-16H2,1-2H3;3-5,8-9,17,19-21H,1,6-7,10-15H2,2H3;1-2H3;2H2;1H2. The van der Waals surface area contributed by atoms with Gasteiger partial charge in [0.15, 0.2) is 0 Å². The Kier molecular flexibility index (Phi) is 21.5. The molecule has 2 aromatic carbocycles. The van der Waals surface area contributed by atoms with Gasteiger partial charge in [-0.3, -0.25) is 0 Å². The minimum absolute atomic E-state index is 0. The highest BCUT2D eigenvalue weighted by Crippen LogP contribution is 2.45. The molecular weight excluding hydrogens is 617 g/mol. The summed E-state index contributed by atoms with van der Waals surface area (Å²) in [5, 5.41) is 0. The van der Waals surface area contributed by atoms with Crippen LogP contribution in [-0.4, -0.2) is 29.8 Å². The molecule has 0 saturated heterocycles. The van der Waals surface area contributed by atoms with Gasteiger partial charge in [-0.15, -0.1) is 6.58 Å². The Hall–Kier alpha value is -1.88. The quantitative estimate of drug-likeness (QED) is 0.214. The van der Waals surface area contributed by atoms with Crippen LogP contribution in [0.5, 0.6) is 0 Å². The number of aryl methyl sites for hydroxylation is 2. The third-order valence-electron chi connectivity index (χ3n) is 12.7. The minimum atomic E-state index is 0. The Morgan fingerprint density at radius 3 is 1.20 bits per heavy atom. The second-order valence-corrected chi connectivity index (χ2v) is 15.9. The highest BCUT2D eigenvalue weighted by molar-refractivity contribution is 5.85. The predicted molar refractivity (Wildman–Crippen MR) is 214 cm³/mol. The van der Waals surface area contributed by atoms with Gasteiger partial charge in [-0.05, 0) is 162 Å². The number of ether oxygens (including phenoxy) is 1. The zero-order chi connectivity index (χ0) is 34.7. The van der Waals surface area contributed by atoms with Crippen molar-refractivity contribution in [2.45, 2.75) is 148 Å². The first-order valence-corrected chi connectivity index (χ1v) is 20.5. The van der Waals surface area contributed by atoms with Gasteiger partial charge in [-0.1, -0.05) is 98.3 Å². The SMILES string of the molecule is C=CC1CCC(C2CCC(c3ccc(C)cc3)CC2)CC1.CCCC1CCC(C2CCC(c3ccc(C)cc3)CC2)CC1.COC.O.O=[SiH2]. The third kappa shape index (κ3) is 14.3. The van der Waals surface area contributed by atoms with Gasteiger partial charge >= 0.3 is 0 Å². The van der Waals surface area contributed by atoms with Crippen molar-refractivity contribution in [3.63, 3.8) is 0 Å². The van der Waals surface area contributed by atoms with E-state index >= 15 is 0 Å². The van der Waals surface area contributed by atoms with Crippen LogP contribution in [0.4, 0.5) is 0 Å². The molecule has 0 spiro atoms. The number of methoxy groups -OCH3 is 1. The summed E-state index contributed by atoms with van der Waals surface area (Å²) >= 11 is 0. The molecule has 4 aliphatic rings. The molecule has 3 nitrogen and oxygen atoms in total. The van der Waals surface area contributed by atoms with Gasteiger partial charge in [0.05, 0.1) is 0 Å². The molecule has 4 fully saturated rings. The zero-order valence-electron chi connectivity index (χ0n) is 32.3. The predicted octanol–water partition coefficient (Wildman–Crippen LogP) is 11.5. The lowest BCUT2D eigenvalue weighted by Crippen LogP contribution is -2.25. The summed E-state index contributed by atoms with van der Waals surface area (Å²) in [6.07, 6.45) is 28.4. The largest absolute Gasteiger partial charge is 0.412 e. The van der Waals surface area contributed by atoms with Crippen LogP contribution in [-0.2, 0) is 9.20 Å². The highest BCUT2D eigenvalue weighted by atomic mass is 28.1. The summed E-state index contributed by atoms with van der Waals surface area (Å²) < 4.78 is 12.5. The van der Waals surface area contributed by atoms with Crippen molar-refractivity contribution in [1.29, 1.82) is 0 Å². The second-order valence-electron chi connectivity index (χ2n) is 15.9. The first-order valence-electron chi connectivity index (χ1n) is 19.9. The maximum atomic E-state index is 8.28. The first-order chi connectivity index (χ1) is 23.4. The summed E-state index contributed by atoms with van der Waals surface area (Å²) in [5.74, 6) is 7.67. The molecule has 2 N–H and O–H groups in total. The van der Waals surface area contributed by atoms with E-state index in [0.717, 1.165) is 47.3 Å². The van der Waals surface area contributed by atoms with E-state index in [9.17, 15) is 0 Å². The van der Waals surface area contributed by atoms with E-state index in [2.05, 4.69) is 86.7 Å². The van der Waals surface area contributed by atoms with E-state index in [1.165, 1.54) is 127 Å². The Labute approximate surface area is 305 Å². The number of hydrogen-bond donors (Lipinski definition) is 0. The highest BCUT2D eigenvalue weighted by Gasteiger charge is 2.32. The van der Waals surface area contributed by atoms with Crippen LogP contribution in [0.25, 0.3) is 0 Å². The molecule has 0 amide bonds. The number of allylic oxidation sites excluding steroid dienone is 1. The Morgan fingerprint density at radius 2 is 0.898 bits per heavy atom. The Bertz CT molecular complexity index is 1100. The lowest BCUT2D eigenvalue weighted by atomic mass is 9.68. The fraction of sp³-hybridized carbons (Fsp3) is 0.689. The molecule has 6 rings (SSSR count). The van der Waals surface area contributed by atoms with Gasteiger partial charge in [0.2, 0.25) is 10.1 Å². The lowest BCUT2D eigenvalue weighted by molar-refractivity contribution is 0.156. The van der Waals surface area contributed by atoms with Crippen LogP contribution in [0.15, 0.2) is 61.2 Å². The first kappa shape index (κ1) is 43.3. The lowest BCUT2D eigenvalue weighted by Gasteiger charge is -2.38. The van der Waals surface area contributed by atoms with E-state index in [1.54, 1.807) is 25.3 Å². The van der Waals surface area contributed by atoms with E-state index in [-0.39, 0.29) is 5.48 Å². The minimum Gasteiger partial charge on any atom is -0.412 e. The van der Waals surface area contributed by atoms with E-state index in [1.807, 2.05) is 0 Å². The average molecular weight is 691 g/mol. The summed E-state index contributed by atoms with van der Waals surface area (Å²) in [5.41, 5.74) is 5.94. The molecule has 0 bridgehead atoms. The average Bonchev–Trinajstić information content (AvgIpc) is 3.14. The maximum absolute atomic E-state index is 8.28. The molecule has 0 radical (unpaired) electrons. The molecular formula is C45H74O3Si. The molecule has 0 atom stereocenters. The van der Waals surface area contributed by atoms with E-state index < -0.39 is 0 Å². The molecule has 0 aromatic heterocycles. The number of rotatable bonds is 7. The molecule has 0 aliphatic heterocycles. The fourth-order valence-corrected chi connectivity index (χ4v) is 9.73. The molecule has 49 heavy (non-hydrogen) atoms. The van der Waals surface area contributed by atoms with Crippen LogP contribution in [0.2, 0.25) is 0 Å². The molecule has 2 aromatic rings. The topological polar surface area (TPSA) is 57.8 Å². The van der Waals surface area contributed by atoms with Crippen LogP contribution >= 0.6 is 0 Å². The van der Waals surface area contributed by atoms with Crippen LogP contribution < -0.4 is 0 Å². The van der Waals surface area contributed by atoms with Gasteiger partial charge in [0, 0.05) is 14.2 Å². The van der Waals surface area contributed by atoms with Gasteiger partial charge in [0.1, 0.15) is 0 Å². The molecule has 4 heteroatoms. The Morgan fingerprint density at radius 1 is 0.592 bits per heavy atom. The molecule has 276 valence electrons. The monoisotopic (exact) mass is 691 g/mol. The summed E-state index contributed by atoms with van der Waals surface area (Å²) in [4.78, 5) is 0. The summed E-state index contributed by atoms with van der Waals surface area (Å²) in [6, 6.07) is 18.6. The normalized spacial score (nSPS) is 29.6. The summed E-state index contributed by atoms with van der Waals surface area (Å²) in [7, 11) is 3.86. The zero-order valence-corrected chi connectivity index (χ0v) is 33.7. The second kappa shape index (κ2) is 24.3. The smallest absolute Gasteiger partial charge is 0.245 e. The molecule has 4 aliphatic carbocycles.